The zero-order valence-electron chi connectivity index (χ0n) is 19.0. The Labute approximate surface area is 199 Å². The van der Waals surface area contributed by atoms with E-state index in [0.717, 1.165) is 16.8 Å². The summed E-state index contributed by atoms with van der Waals surface area (Å²) < 4.78 is 33.0. The molecule has 0 aliphatic rings. The van der Waals surface area contributed by atoms with Gasteiger partial charge in [-0.3, -0.25) is 4.79 Å². The summed E-state index contributed by atoms with van der Waals surface area (Å²) in [5.41, 5.74) is 2.54. The summed E-state index contributed by atoms with van der Waals surface area (Å²) in [5, 5.41) is 20.0. The lowest BCUT2D eigenvalue weighted by Gasteiger charge is -2.24. The molecule has 0 amide bonds. The number of carboxylic acids is 1. The zero-order chi connectivity index (χ0) is 24.7. The SMILES string of the molecule is COc1ccc(-c2ccc(S(=O)(=O)NC(CC(O)CN(C)c3ccccc3)C(=O)O)cc2)cc1. The summed E-state index contributed by atoms with van der Waals surface area (Å²) in [4.78, 5) is 13.4. The van der Waals surface area contributed by atoms with Crippen molar-refractivity contribution in [2.75, 3.05) is 25.6 Å². The second-order valence-corrected chi connectivity index (χ2v) is 9.58. The van der Waals surface area contributed by atoms with Crippen molar-refractivity contribution in [2.45, 2.75) is 23.5 Å². The molecule has 0 spiro atoms. The fourth-order valence-electron chi connectivity index (χ4n) is 3.52. The molecule has 0 fully saturated rings. The number of likely N-dealkylation sites (N-methyl/N-ethyl adjacent to an activating group) is 1. The monoisotopic (exact) mass is 484 g/mol. The summed E-state index contributed by atoms with van der Waals surface area (Å²) in [6.07, 6.45) is -1.35. The van der Waals surface area contributed by atoms with Crippen molar-refractivity contribution >= 4 is 21.7 Å². The molecular formula is C25H28N2O6S. The minimum Gasteiger partial charge on any atom is -0.497 e. The van der Waals surface area contributed by atoms with E-state index in [0.29, 0.717) is 5.75 Å². The van der Waals surface area contributed by atoms with Gasteiger partial charge in [-0.15, -0.1) is 0 Å². The number of methoxy groups -OCH3 is 1. The highest BCUT2D eigenvalue weighted by molar-refractivity contribution is 7.89. The number of para-hydroxylation sites is 1. The fraction of sp³-hybridized carbons (Fsp3) is 0.240. The second kappa shape index (κ2) is 11.1. The van der Waals surface area contributed by atoms with E-state index < -0.39 is 28.1 Å². The molecule has 8 nitrogen and oxygen atoms in total. The number of hydrogen-bond donors (Lipinski definition) is 3. The number of nitrogens with one attached hydrogen (secondary N) is 1. The molecule has 0 aromatic heterocycles. The molecule has 0 radical (unpaired) electrons. The van der Waals surface area contributed by atoms with Gasteiger partial charge in [0.1, 0.15) is 11.8 Å². The number of aliphatic carboxylic acids is 1. The first-order valence-corrected chi connectivity index (χ1v) is 12.1. The van der Waals surface area contributed by atoms with E-state index in [1.165, 1.54) is 12.1 Å². The van der Waals surface area contributed by atoms with Gasteiger partial charge in [-0.2, -0.15) is 4.72 Å². The maximum absolute atomic E-state index is 12.8. The average molecular weight is 485 g/mol. The van der Waals surface area contributed by atoms with Crippen molar-refractivity contribution in [1.29, 1.82) is 0 Å². The minimum atomic E-state index is -4.12. The Balaban J connectivity index is 1.67. The van der Waals surface area contributed by atoms with Crippen molar-refractivity contribution in [3.63, 3.8) is 0 Å². The Hall–Kier alpha value is -3.40. The Morgan fingerprint density at radius 2 is 1.53 bits per heavy atom. The quantitative estimate of drug-likeness (QED) is 0.383. The molecule has 0 saturated heterocycles. The number of sulfonamides is 1. The van der Waals surface area contributed by atoms with Gasteiger partial charge in [-0.05, 0) is 47.5 Å². The topological polar surface area (TPSA) is 116 Å². The smallest absolute Gasteiger partial charge is 0.321 e. The summed E-state index contributed by atoms with van der Waals surface area (Å²) >= 11 is 0. The molecule has 3 N–H and O–H groups in total. The average Bonchev–Trinajstić information content (AvgIpc) is 2.84. The molecule has 0 aliphatic carbocycles. The number of aliphatic hydroxyl groups excluding tert-OH is 1. The largest absolute Gasteiger partial charge is 0.497 e. The van der Waals surface area contributed by atoms with Gasteiger partial charge in [-0.25, -0.2) is 8.42 Å². The van der Waals surface area contributed by atoms with Gasteiger partial charge in [0.05, 0.1) is 18.1 Å². The van der Waals surface area contributed by atoms with Crippen LogP contribution in [0.3, 0.4) is 0 Å². The van der Waals surface area contributed by atoms with Gasteiger partial charge < -0.3 is 19.8 Å². The first-order valence-electron chi connectivity index (χ1n) is 10.6. The lowest BCUT2D eigenvalue weighted by atomic mass is 10.1. The molecular weight excluding hydrogens is 456 g/mol. The van der Waals surface area contributed by atoms with Crippen LogP contribution < -0.4 is 14.4 Å². The van der Waals surface area contributed by atoms with Crippen LogP contribution in [-0.2, 0) is 14.8 Å². The summed E-state index contributed by atoms with van der Waals surface area (Å²) in [6.45, 7) is 0.145. The summed E-state index contributed by atoms with van der Waals surface area (Å²) in [7, 11) is -0.773. The molecule has 3 rings (SSSR count). The molecule has 2 unspecified atom stereocenters. The lowest BCUT2D eigenvalue weighted by Crippen LogP contribution is -2.44. The number of nitrogens with zero attached hydrogens (tertiary/aromatic N) is 1. The van der Waals surface area contributed by atoms with Crippen LogP contribution in [0.5, 0.6) is 5.75 Å². The van der Waals surface area contributed by atoms with E-state index in [9.17, 15) is 23.4 Å². The van der Waals surface area contributed by atoms with Gasteiger partial charge in [0.2, 0.25) is 10.0 Å². The summed E-state index contributed by atoms with van der Waals surface area (Å²) in [6, 6.07) is 21.3. The number of benzene rings is 3. The fourth-order valence-corrected chi connectivity index (χ4v) is 4.72. The third-order valence-corrected chi connectivity index (χ3v) is 6.86. The van der Waals surface area contributed by atoms with Crippen LogP contribution in [0.4, 0.5) is 5.69 Å². The first-order chi connectivity index (χ1) is 16.2. The van der Waals surface area contributed by atoms with Crippen LogP contribution >= 0.6 is 0 Å². The van der Waals surface area contributed by atoms with Gasteiger partial charge in [0, 0.05) is 25.7 Å². The Kier molecular flexibility index (Phi) is 8.27. The van der Waals surface area contributed by atoms with E-state index in [4.69, 9.17) is 4.74 Å². The van der Waals surface area contributed by atoms with Crippen LogP contribution in [0.25, 0.3) is 11.1 Å². The standard InChI is InChI=1S/C25H28N2O6S/c1-27(20-6-4-3-5-7-20)17-21(28)16-24(25(29)30)26-34(31,32)23-14-10-19(11-15-23)18-8-12-22(33-2)13-9-18/h3-15,21,24,26,28H,16-17H2,1-2H3,(H,29,30). The predicted octanol–water partition coefficient (Wildman–Crippen LogP) is 2.98. The van der Waals surface area contributed by atoms with Gasteiger partial charge in [0.15, 0.2) is 0 Å². The Bertz CT molecular complexity index is 1180. The van der Waals surface area contributed by atoms with Crippen molar-refractivity contribution in [3.8, 4) is 16.9 Å². The molecule has 0 bridgehead atoms. The normalized spacial score (nSPS) is 13.1. The third-order valence-electron chi connectivity index (χ3n) is 5.37. The van der Waals surface area contributed by atoms with Crippen LogP contribution in [-0.4, -0.2) is 57.4 Å². The van der Waals surface area contributed by atoms with Gasteiger partial charge in [0.25, 0.3) is 0 Å². The van der Waals surface area contributed by atoms with Gasteiger partial charge in [-0.1, -0.05) is 42.5 Å². The van der Waals surface area contributed by atoms with Crippen LogP contribution in [0, 0.1) is 0 Å². The maximum Gasteiger partial charge on any atom is 0.321 e. The maximum atomic E-state index is 12.8. The van der Waals surface area contributed by atoms with Crippen LogP contribution in [0.15, 0.2) is 83.8 Å². The minimum absolute atomic E-state index is 0.0631. The second-order valence-electron chi connectivity index (χ2n) is 7.87. The molecule has 3 aromatic carbocycles. The molecule has 34 heavy (non-hydrogen) atoms. The highest BCUT2D eigenvalue weighted by Crippen LogP contribution is 2.24. The molecule has 180 valence electrons. The molecule has 2 atom stereocenters. The summed E-state index contributed by atoms with van der Waals surface area (Å²) in [5.74, 6) is -0.649. The highest BCUT2D eigenvalue weighted by atomic mass is 32.2. The van der Waals surface area contributed by atoms with Crippen molar-refractivity contribution in [1.82, 2.24) is 4.72 Å². The van der Waals surface area contributed by atoms with Crippen molar-refractivity contribution < 1.29 is 28.2 Å². The number of carboxylic acid groups (broad SMARTS) is 1. The lowest BCUT2D eigenvalue weighted by molar-refractivity contribution is -0.139. The van der Waals surface area contributed by atoms with E-state index in [-0.39, 0.29) is 17.9 Å². The first kappa shape index (κ1) is 25.2. The van der Waals surface area contributed by atoms with Crippen LogP contribution in [0.1, 0.15) is 6.42 Å². The molecule has 0 heterocycles. The highest BCUT2D eigenvalue weighted by Gasteiger charge is 2.28. The molecule has 0 saturated carbocycles. The zero-order valence-corrected chi connectivity index (χ0v) is 19.8. The van der Waals surface area contributed by atoms with Crippen molar-refractivity contribution in [2.24, 2.45) is 0 Å². The number of ether oxygens (including phenoxy) is 1. The van der Waals surface area contributed by atoms with E-state index >= 15 is 0 Å². The molecule has 0 aliphatic heterocycles. The number of hydrogen-bond acceptors (Lipinski definition) is 6. The van der Waals surface area contributed by atoms with E-state index in [1.54, 1.807) is 43.3 Å². The molecule has 9 heteroatoms. The number of rotatable bonds is 11. The van der Waals surface area contributed by atoms with Gasteiger partial charge >= 0.3 is 5.97 Å². The molecule has 3 aromatic rings. The van der Waals surface area contributed by atoms with Crippen LogP contribution in [0.2, 0.25) is 0 Å². The number of carbonyl (C=O) groups is 1. The predicted molar refractivity (Wildman–Crippen MR) is 131 cm³/mol. The number of anilines is 1. The van der Waals surface area contributed by atoms with E-state index in [1.807, 2.05) is 42.5 Å². The Morgan fingerprint density at radius 3 is 2.06 bits per heavy atom. The Morgan fingerprint density at radius 1 is 0.971 bits per heavy atom. The third kappa shape index (κ3) is 6.57. The number of aliphatic hydroxyl groups is 1. The van der Waals surface area contributed by atoms with E-state index in [2.05, 4.69) is 4.72 Å². The van der Waals surface area contributed by atoms with Crippen molar-refractivity contribution in [3.05, 3.63) is 78.9 Å².